The van der Waals surface area contributed by atoms with E-state index in [1.54, 1.807) is 25.5 Å². The van der Waals surface area contributed by atoms with Gasteiger partial charge in [0, 0.05) is 25.3 Å². The first-order valence-corrected chi connectivity index (χ1v) is 9.52. The molecule has 0 aliphatic rings. The maximum absolute atomic E-state index is 12.2. The number of carbonyl (C=O) groups excluding carboxylic acids is 1. The number of rotatable bonds is 8. The number of hydrazone groups is 1. The van der Waals surface area contributed by atoms with Gasteiger partial charge in [0.2, 0.25) is 0 Å². The molecule has 0 radical (unpaired) electrons. The van der Waals surface area contributed by atoms with Gasteiger partial charge in [-0.1, -0.05) is 30.3 Å². The number of carbonyl (C=O) groups is 1. The summed E-state index contributed by atoms with van der Waals surface area (Å²) in [5, 5.41) is 4.04. The summed E-state index contributed by atoms with van der Waals surface area (Å²) in [5.41, 5.74) is 5.96. The van der Waals surface area contributed by atoms with Gasteiger partial charge in [-0.15, -0.1) is 0 Å². The lowest BCUT2D eigenvalue weighted by Crippen LogP contribution is -2.18. The number of ether oxygens (including phenoxy) is 2. The predicted molar refractivity (Wildman–Crippen MR) is 120 cm³/mol. The Kier molecular flexibility index (Phi) is 7.05. The Morgan fingerprint density at radius 1 is 1.00 bits per heavy atom. The molecule has 154 valence electrons. The summed E-state index contributed by atoms with van der Waals surface area (Å²) in [4.78, 5) is 14.2. The average molecular weight is 403 g/mol. The molecule has 0 unspecified atom stereocenters. The van der Waals surface area contributed by atoms with Crippen molar-refractivity contribution in [3.05, 3.63) is 89.5 Å². The van der Waals surface area contributed by atoms with Gasteiger partial charge in [-0.05, 0) is 53.6 Å². The molecule has 0 aliphatic heterocycles. The highest BCUT2D eigenvalue weighted by atomic mass is 16.5. The molecule has 6 nitrogen and oxygen atoms in total. The first kappa shape index (κ1) is 20.9. The number of nitrogens with zero attached hydrogens (tertiary/aromatic N) is 2. The highest BCUT2D eigenvalue weighted by Crippen LogP contribution is 2.28. The van der Waals surface area contributed by atoms with Gasteiger partial charge >= 0.3 is 0 Å². The molecule has 0 atom stereocenters. The van der Waals surface area contributed by atoms with Crippen LogP contribution in [-0.2, 0) is 6.61 Å². The van der Waals surface area contributed by atoms with E-state index in [2.05, 4.69) is 10.5 Å². The number of anilines is 1. The molecule has 0 heterocycles. The summed E-state index contributed by atoms with van der Waals surface area (Å²) < 4.78 is 11.3. The van der Waals surface area contributed by atoms with E-state index in [9.17, 15) is 4.79 Å². The lowest BCUT2D eigenvalue weighted by Gasteiger charge is -2.12. The molecular formula is C24H25N3O3. The van der Waals surface area contributed by atoms with Gasteiger partial charge in [0.1, 0.15) is 6.61 Å². The summed E-state index contributed by atoms with van der Waals surface area (Å²) in [6, 6.07) is 22.7. The first-order chi connectivity index (χ1) is 14.6. The molecule has 3 rings (SSSR count). The van der Waals surface area contributed by atoms with E-state index in [-0.39, 0.29) is 5.91 Å². The number of hydrogen-bond donors (Lipinski definition) is 1. The minimum absolute atomic E-state index is 0.272. The molecular weight excluding hydrogens is 378 g/mol. The van der Waals surface area contributed by atoms with Crippen molar-refractivity contribution in [1.82, 2.24) is 5.43 Å². The Bertz CT molecular complexity index is 1000. The third-order valence-electron chi connectivity index (χ3n) is 4.45. The van der Waals surface area contributed by atoms with Gasteiger partial charge in [0.15, 0.2) is 11.5 Å². The zero-order valence-electron chi connectivity index (χ0n) is 17.3. The van der Waals surface area contributed by atoms with Crippen molar-refractivity contribution in [1.29, 1.82) is 0 Å². The van der Waals surface area contributed by atoms with Crippen LogP contribution in [0.25, 0.3) is 0 Å². The maximum Gasteiger partial charge on any atom is 0.271 e. The molecule has 0 saturated carbocycles. The zero-order valence-corrected chi connectivity index (χ0v) is 17.3. The first-order valence-electron chi connectivity index (χ1n) is 9.52. The number of nitrogens with one attached hydrogen (secondary N) is 1. The second-order valence-corrected chi connectivity index (χ2v) is 6.82. The molecule has 3 aromatic carbocycles. The normalized spacial score (nSPS) is 10.6. The fraction of sp³-hybridized carbons (Fsp3) is 0.167. The van der Waals surface area contributed by atoms with Crippen molar-refractivity contribution < 1.29 is 14.3 Å². The van der Waals surface area contributed by atoms with Crippen LogP contribution in [0.2, 0.25) is 0 Å². The molecule has 0 bridgehead atoms. The number of benzene rings is 3. The van der Waals surface area contributed by atoms with Crippen LogP contribution in [-0.4, -0.2) is 33.3 Å². The molecule has 3 aromatic rings. The fourth-order valence-corrected chi connectivity index (χ4v) is 2.76. The van der Waals surface area contributed by atoms with Gasteiger partial charge in [-0.25, -0.2) is 5.43 Å². The molecule has 1 N–H and O–H groups in total. The van der Waals surface area contributed by atoms with Crippen LogP contribution in [0.5, 0.6) is 11.5 Å². The van der Waals surface area contributed by atoms with Crippen molar-refractivity contribution in [2.75, 3.05) is 26.1 Å². The molecule has 6 heteroatoms. The van der Waals surface area contributed by atoms with Crippen molar-refractivity contribution in [3.63, 3.8) is 0 Å². The second-order valence-electron chi connectivity index (χ2n) is 6.82. The largest absolute Gasteiger partial charge is 0.493 e. The maximum atomic E-state index is 12.2. The van der Waals surface area contributed by atoms with E-state index in [1.807, 2.05) is 79.7 Å². The Morgan fingerprint density at radius 2 is 1.73 bits per heavy atom. The third kappa shape index (κ3) is 5.61. The van der Waals surface area contributed by atoms with Crippen LogP contribution in [0, 0.1) is 0 Å². The van der Waals surface area contributed by atoms with E-state index >= 15 is 0 Å². The van der Waals surface area contributed by atoms with Gasteiger partial charge in [-0.3, -0.25) is 4.79 Å². The molecule has 0 aromatic heterocycles. The van der Waals surface area contributed by atoms with Crippen LogP contribution < -0.4 is 19.8 Å². The summed E-state index contributed by atoms with van der Waals surface area (Å²) in [5.74, 6) is 0.968. The molecule has 0 saturated heterocycles. The van der Waals surface area contributed by atoms with E-state index in [0.717, 1.165) is 16.8 Å². The lowest BCUT2D eigenvalue weighted by molar-refractivity contribution is 0.0955. The van der Waals surface area contributed by atoms with Gasteiger partial charge in [0.05, 0.1) is 13.3 Å². The highest BCUT2D eigenvalue weighted by molar-refractivity contribution is 5.95. The minimum Gasteiger partial charge on any atom is -0.493 e. The minimum atomic E-state index is -0.272. The monoisotopic (exact) mass is 403 g/mol. The number of hydrogen-bond acceptors (Lipinski definition) is 5. The van der Waals surface area contributed by atoms with Crippen molar-refractivity contribution in [3.8, 4) is 11.5 Å². The summed E-state index contributed by atoms with van der Waals surface area (Å²) >= 11 is 0. The molecule has 30 heavy (non-hydrogen) atoms. The Hall–Kier alpha value is -3.80. The van der Waals surface area contributed by atoms with Crippen LogP contribution in [0.4, 0.5) is 5.69 Å². The summed E-state index contributed by atoms with van der Waals surface area (Å²) in [6.45, 7) is 0.452. The Balaban J connectivity index is 1.60. The Morgan fingerprint density at radius 3 is 2.40 bits per heavy atom. The predicted octanol–water partition coefficient (Wildman–Crippen LogP) is 4.10. The molecule has 0 fully saturated rings. The van der Waals surface area contributed by atoms with Gasteiger partial charge in [0.25, 0.3) is 5.91 Å². The van der Waals surface area contributed by atoms with Crippen molar-refractivity contribution in [2.24, 2.45) is 5.10 Å². The smallest absolute Gasteiger partial charge is 0.271 e. The number of methoxy groups -OCH3 is 1. The van der Waals surface area contributed by atoms with Crippen molar-refractivity contribution >= 4 is 17.8 Å². The highest BCUT2D eigenvalue weighted by Gasteiger charge is 2.07. The van der Waals surface area contributed by atoms with Crippen LogP contribution in [0.3, 0.4) is 0 Å². The number of amides is 1. The standard InChI is InChI=1S/C24H25N3O3/c1-27(2)21-12-10-20(11-13-21)24(28)26-25-16-19-9-14-22(23(15-19)29-3)30-17-18-7-5-4-6-8-18/h4-16H,17H2,1-3H3,(H,26,28). The average Bonchev–Trinajstić information content (AvgIpc) is 2.78. The SMILES string of the molecule is COc1cc(C=NNC(=O)c2ccc(N(C)C)cc2)ccc1OCc1ccccc1. The molecule has 1 amide bonds. The zero-order chi connectivity index (χ0) is 21.3. The lowest BCUT2D eigenvalue weighted by atomic mass is 10.2. The fourth-order valence-electron chi connectivity index (χ4n) is 2.76. The van der Waals surface area contributed by atoms with E-state index < -0.39 is 0 Å². The van der Waals surface area contributed by atoms with E-state index in [4.69, 9.17) is 9.47 Å². The molecule has 0 aliphatic carbocycles. The van der Waals surface area contributed by atoms with Crippen LogP contribution >= 0.6 is 0 Å². The quantitative estimate of drug-likeness (QED) is 0.454. The Labute approximate surface area is 176 Å². The van der Waals surface area contributed by atoms with Gasteiger partial charge in [-0.2, -0.15) is 5.10 Å². The summed E-state index contributed by atoms with van der Waals surface area (Å²) in [6.07, 6.45) is 1.57. The van der Waals surface area contributed by atoms with E-state index in [1.165, 1.54) is 0 Å². The second kappa shape index (κ2) is 10.1. The van der Waals surface area contributed by atoms with Crippen molar-refractivity contribution in [2.45, 2.75) is 6.61 Å². The summed E-state index contributed by atoms with van der Waals surface area (Å²) in [7, 11) is 5.49. The molecule has 0 spiro atoms. The van der Waals surface area contributed by atoms with Crippen LogP contribution in [0.15, 0.2) is 77.9 Å². The van der Waals surface area contributed by atoms with E-state index in [0.29, 0.717) is 23.7 Å². The topological polar surface area (TPSA) is 63.2 Å². The van der Waals surface area contributed by atoms with Gasteiger partial charge < -0.3 is 14.4 Å². The van der Waals surface area contributed by atoms with Crippen LogP contribution in [0.1, 0.15) is 21.5 Å². The third-order valence-corrected chi connectivity index (χ3v) is 4.45.